The van der Waals surface area contributed by atoms with E-state index in [0.29, 0.717) is 31.1 Å². The Bertz CT molecular complexity index is 1090. The van der Waals surface area contributed by atoms with Gasteiger partial charge in [0.2, 0.25) is 0 Å². The zero-order chi connectivity index (χ0) is 24.9. The molecule has 2 saturated heterocycles. The molecule has 2 aliphatic heterocycles. The quantitative estimate of drug-likeness (QED) is 0.353. The topological polar surface area (TPSA) is 92.2 Å². The summed E-state index contributed by atoms with van der Waals surface area (Å²) in [7, 11) is 0. The van der Waals surface area contributed by atoms with Crippen LogP contribution in [0.15, 0.2) is 48.3 Å². The summed E-state index contributed by atoms with van der Waals surface area (Å²) in [6.07, 6.45) is 3.99. The van der Waals surface area contributed by atoms with Crippen molar-refractivity contribution in [1.29, 1.82) is 0 Å². The smallest absolute Gasteiger partial charge is 0.295 e. The van der Waals surface area contributed by atoms with Crippen LogP contribution in [0.5, 0.6) is 5.75 Å². The average molecular weight is 480 g/mol. The second-order valence-corrected chi connectivity index (χ2v) is 9.23. The third-order valence-electron chi connectivity index (χ3n) is 6.35. The van der Waals surface area contributed by atoms with Crippen molar-refractivity contribution in [3.63, 3.8) is 0 Å². The molecule has 1 N–H and O–H groups in total. The number of carbonyl (C=O) groups excluding carboxylic acids is 2. The summed E-state index contributed by atoms with van der Waals surface area (Å²) in [4.78, 5) is 34.3. The Kier molecular flexibility index (Phi) is 7.83. The van der Waals surface area contributed by atoms with Crippen molar-refractivity contribution >= 4 is 17.4 Å². The van der Waals surface area contributed by atoms with Gasteiger partial charge in [0.1, 0.15) is 11.5 Å². The van der Waals surface area contributed by atoms with Crippen molar-refractivity contribution in [2.45, 2.75) is 39.3 Å². The number of carbonyl (C=O) groups is 2. The van der Waals surface area contributed by atoms with Crippen LogP contribution < -0.4 is 4.74 Å². The Morgan fingerprint density at radius 2 is 1.86 bits per heavy atom. The molecule has 2 aliphatic rings. The summed E-state index contributed by atoms with van der Waals surface area (Å²) in [5.74, 6) is -0.728. The van der Waals surface area contributed by atoms with Gasteiger partial charge in [-0.3, -0.25) is 19.5 Å². The summed E-state index contributed by atoms with van der Waals surface area (Å²) in [5.41, 5.74) is 2.15. The van der Waals surface area contributed by atoms with E-state index >= 15 is 0 Å². The first kappa shape index (κ1) is 24.9. The number of aliphatic hydroxyl groups is 1. The molecule has 1 aromatic carbocycles. The molecule has 0 saturated carbocycles. The molecule has 2 aromatic rings. The summed E-state index contributed by atoms with van der Waals surface area (Å²) in [6.45, 7) is 10.1. The maximum atomic E-state index is 13.2. The third-order valence-corrected chi connectivity index (χ3v) is 6.35. The second kappa shape index (κ2) is 11.0. The molecule has 8 nitrogen and oxygen atoms in total. The van der Waals surface area contributed by atoms with Crippen molar-refractivity contribution in [1.82, 2.24) is 14.8 Å². The number of ketones is 1. The van der Waals surface area contributed by atoms with Crippen LogP contribution >= 0.6 is 0 Å². The first-order valence-electron chi connectivity index (χ1n) is 12.1. The number of pyridine rings is 1. The molecule has 8 heteroatoms. The lowest BCUT2D eigenvalue weighted by atomic mass is 9.95. The van der Waals surface area contributed by atoms with E-state index in [0.717, 1.165) is 37.2 Å². The lowest BCUT2D eigenvalue weighted by Crippen LogP contribution is -2.38. The van der Waals surface area contributed by atoms with E-state index in [4.69, 9.17) is 9.47 Å². The number of hydrogen-bond acceptors (Lipinski definition) is 7. The molecule has 1 amide bonds. The van der Waals surface area contributed by atoms with E-state index in [1.807, 2.05) is 20.8 Å². The number of ether oxygens (including phenoxy) is 2. The van der Waals surface area contributed by atoms with Gasteiger partial charge in [-0.25, -0.2) is 0 Å². The van der Waals surface area contributed by atoms with Crippen LogP contribution in [0.3, 0.4) is 0 Å². The predicted octanol–water partition coefficient (Wildman–Crippen LogP) is 3.32. The molecule has 186 valence electrons. The van der Waals surface area contributed by atoms with Crippen LogP contribution in [0.4, 0.5) is 0 Å². The number of nitrogens with zero attached hydrogens (tertiary/aromatic N) is 3. The number of rotatable bonds is 8. The molecule has 4 rings (SSSR count). The van der Waals surface area contributed by atoms with Crippen LogP contribution in [-0.4, -0.2) is 77.1 Å². The number of benzene rings is 1. The first-order valence-corrected chi connectivity index (χ1v) is 12.1. The van der Waals surface area contributed by atoms with Gasteiger partial charge in [-0.1, -0.05) is 0 Å². The Balaban J connectivity index is 1.65. The summed E-state index contributed by atoms with van der Waals surface area (Å²) in [6, 6.07) is 8.17. The van der Waals surface area contributed by atoms with Gasteiger partial charge in [0.15, 0.2) is 0 Å². The number of morpholine rings is 1. The van der Waals surface area contributed by atoms with E-state index in [-0.39, 0.29) is 17.4 Å². The van der Waals surface area contributed by atoms with Crippen LogP contribution in [0, 0.1) is 6.92 Å². The maximum Gasteiger partial charge on any atom is 0.295 e. The van der Waals surface area contributed by atoms with Gasteiger partial charge in [-0.05, 0) is 68.7 Å². The van der Waals surface area contributed by atoms with Crippen molar-refractivity contribution in [2.75, 3.05) is 39.4 Å². The van der Waals surface area contributed by atoms with Gasteiger partial charge >= 0.3 is 0 Å². The third kappa shape index (κ3) is 5.55. The van der Waals surface area contributed by atoms with Crippen LogP contribution in [0.25, 0.3) is 5.76 Å². The van der Waals surface area contributed by atoms with E-state index in [2.05, 4.69) is 9.88 Å². The molecule has 3 heterocycles. The minimum Gasteiger partial charge on any atom is -0.507 e. The molecule has 0 bridgehead atoms. The number of aliphatic hydroxyl groups excluding tert-OH is 1. The predicted molar refractivity (Wildman–Crippen MR) is 132 cm³/mol. The van der Waals surface area contributed by atoms with Crippen molar-refractivity contribution in [2.24, 2.45) is 0 Å². The van der Waals surface area contributed by atoms with Gasteiger partial charge in [-0.2, -0.15) is 0 Å². The lowest BCUT2D eigenvalue weighted by Gasteiger charge is -2.29. The zero-order valence-electron chi connectivity index (χ0n) is 20.6. The fraction of sp³-hybridized carbons (Fsp3) is 0.444. The standard InChI is InChI=1S/C27H33N3O5/c1-18(2)35-22-6-5-21(17-19(22)3)25(31)23-24(20-7-9-28-10-8-20)30(27(33)26(23)32)12-4-11-29-13-15-34-16-14-29/h5-10,17-18,24,31H,4,11-16H2,1-3H3/b25-23-. The molecule has 1 aromatic heterocycles. The maximum absolute atomic E-state index is 13.2. The minimum absolute atomic E-state index is 0.0163. The number of hydrogen-bond donors (Lipinski definition) is 1. The number of aromatic nitrogens is 1. The van der Waals surface area contributed by atoms with Gasteiger partial charge in [0.25, 0.3) is 11.7 Å². The van der Waals surface area contributed by atoms with E-state index in [1.165, 1.54) is 0 Å². The number of aryl methyl sites for hydroxylation is 1. The summed E-state index contributed by atoms with van der Waals surface area (Å²) >= 11 is 0. The second-order valence-electron chi connectivity index (χ2n) is 9.23. The minimum atomic E-state index is -0.672. The lowest BCUT2D eigenvalue weighted by molar-refractivity contribution is -0.140. The summed E-state index contributed by atoms with van der Waals surface area (Å²) in [5, 5.41) is 11.3. The largest absolute Gasteiger partial charge is 0.507 e. The van der Waals surface area contributed by atoms with Crippen molar-refractivity contribution in [3.05, 3.63) is 65.0 Å². The number of likely N-dealkylation sites (tertiary alicyclic amines) is 1. The molecule has 0 aliphatic carbocycles. The SMILES string of the molecule is Cc1cc(/C(O)=C2/C(=O)C(=O)N(CCCN3CCOCC3)C2c2ccncc2)ccc1OC(C)C. The van der Waals surface area contributed by atoms with Crippen LogP contribution in [0.2, 0.25) is 0 Å². The Morgan fingerprint density at radius 3 is 2.51 bits per heavy atom. The van der Waals surface area contributed by atoms with Crippen LogP contribution in [-0.2, 0) is 14.3 Å². The number of Topliss-reactive ketones (excluding diaryl/α,β-unsaturated/α-hetero) is 1. The fourth-order valence-electron chi connectivity index (χ4n) is 4.63. The van der Waals surface area contributed by atoms with E-state index in [9.17, 15) is 14.7 Å². The molecule has 1 unspecified atom stereocenters. The first-order chi connectivity index (χ1) is 16.9. The summed E-state index contributed by atoms with van der Waals surface area (Å²) < 4.78 is 11.2. The van der Waals surface area contributed by atoms with Crippen LogP contribution in [0.1, 0.15) is 43.0 Å². The molecule has 2 fully saturated rings. The van der Waals surface area contributed by atoms with Crippen molar-refractivity contribution < 1.29 is 24.2 Å². The van der Waals surface area contributed by atoms with Gasteiger partial charge in [0.05, 0.1) is 30.9 Å². The van der Waals surface area contributed by atoms with E-state index in [1.54, 1.807) is 47.6 Å². The van der Waals surface area contributed by atoms with E-state index < -0.39 is 17.7 Å². The highest BCUT2D eigenvalue weighted by Gasteiger charge is 2.45. The Hall–Kier alpha value is -3.23. The highest BCUT2D eigenvalue weighted by Crippen LogP contribution is 2.39. The highest BCUT2D eigenvalue weighted by molar-refractivity contribution is 6.46. The molecular weight excluding hydrogens is 446 g/mol. The van der Waals surface area contributed by atoms with Gasteiger partial charge in [-0.15, -0.1) is 0 Å². The normalized spacial score (nSPS) is 20.6. The fourth-order valence-corrected chi connectivity index (χ4v) is 4.63. The number of amides is 1. The average Bonchev–Trinajstić information content (AvgIpc) is 3.11. The Morgan fingerprint density at radius 1 is 1.14 bits per heavy atom. The molecule has 1 atom stereocenters. The highest BCUT2D eigenvalue weighted by atomic mass is 16.5. The molecule has 35 heavy (non-hydrogen) atoms. The van der Waals surface area contributed by atoms with Gasteiger partial charge < -0.3 is 19.5 Å². The molecule has 0 radical (unpaired) electrons. The zero-order valence-corrected chi connectivity index (χ0v) is 20.6. The molecular formula is C27H33N3O5. The van der Waals surface area contributed by atoms with Crippen molar-refractivity contribution in [3.8, 4) is 5.75 Å². The van der Waals surface area contributed by atoms with Gasteiger partial charge in [0, 0.05) is 44.1 Å². The monoisotopic (exact) mass is 479 g/mol. The molecule has 0 spiro atoms. The Labute approximate surface area is 206 Å².